The van der Waals surface area contributed by atoms with Crippen molar-refractivity contribution in [2.75, 3.05) is 5.32 Å². The second-order valence-corrected chi connectivity index (χ2v) is 6.39. The molecule has 0 aliphatic rings. The molecule has 7 heteroatoms. The van der Waals surface area contributed by atoms with Crippen LogP contribution in [-0.4, -0.2) is 22.0 Å². The standard InChI is InChI=1S/C19H13N3O3S/c1-11-2-4-12(5-3-11)16-10-26-18(14(16)8-20)22-17(23)13-6-7-21-9-15(13)19(24)25/h2-7,9-10H,1H3,(H,22,23)(H,24,25). The summed E-state index contributed by atoms with van der Waals surface area (Å²) in [5, 5.41) is 23.5. The highest BCUT2D eigenvalue weighted by Crippen LogP contribution is 2.35. The van der Waals surface area contributed by atoms with Crippen LogP contribution in [0.15, 0.2) is 48.1 Å². The van der Waals surface area contributed by atoms with E-state index in [2.05, 4.69) is 16.4 Å². The van der Waals surface area contributed by atoms with E-state index in [-0.39, 0.29) is 11.1 Å². The lowest BCUT2D eigenvalue weighted by Crippen LogP contribution is -2.16. The molecule has 2 heterocycles. The zero-order valence-corrected chi connectivity index (χ0v) is 14.5. The van der Waals surface area contributed by atoms with Crippen molar-refractivity contribution < 1.29 is 14.7 Å². The molecule has 0 unspecified atom stereocenters. The van der Waals surface area contributed by atoms with Gasteiger partial charge in [-0.2, -0.15) is 5.26 Å². The van der Waals surface area contributed by atoms with Gasteiger partial charge < -0.3 is 10.4 Å². The first-order chi connectivity index (χ1) is 12.5. The van der Waals surface area contributed by atoms with E-state index in [1.54, 1.807) is 5.38 Å². The number of nitrogens with zero attached hydrogens (tertiary/aromatic N) is 2. The van der Waals surface area contributed by atoms with E-state index < -0.39 is 11.9 Å². The van der Waals surface area contributed by atoms with Gasteiger partial charge in [0.1, 0.15) is 11.1 Å². The van der Waals surface area contributed by atoms with Gasteiger partial charge in [0, 0.05) is 23.3 Å². The third-order valence-electron chi connectivity index (χ3n) is 3.79. The van der Waals surface area contributed by atoms with E-state index in [1.165, 1.54) is 23.6 Å². The van der Waals surface area contributed by atoms with Crippen LogP contribution in [0.5, 0.6) is 0 Å². The highest BCUT2D eigenvalue weighted by atomic mass is 32.1. The maximum Gasteiger partial charge on any atom is 0.338 e. The molecule has 0 saturated carbocycles. The van der Waals surface area contributed by atoms with Crippen molar-refractivity contribution in [1.82, 2.24) is 4.98 Å². The quantitative estimate of drug-likeness (QED) is 0.731. The Morgan fingerprint density at radius 1 is 1.19 bits per heavy atom. The number of aromatic nitrogens is 1. The summed E-state index contributed by atoms with van der Waals surface area (Å²) in [5.41, 5.74) is 2.84. The number of nitrogens with one attached hydrogen (secondary N) is 1. The zero-order chi connectivity index (χ0) is 18.7. The molecule has 0 aliphatic carbocycles. The molecular formula is C19H13N3O3S. The minimum atomic E-state index is -1.24. The Morgan fingerprint density at radius 2 is 1.92 bits per heavy atom. The van der Waals surface area contributed by atoms with Crippen molar-refractivity contribution in [1.29, 1.82) is 5.26 Å². The number of benzene rings is 1. The first kappa shape index (κ1) is 17.3. The van der Waals surface area contributed by atoms with Gasteiger partial charge in [0.05, 0.1) is 16.7 Å². The molecule has 3 rings (SSSR count). The fourth-order valence-electron chi connectivity index (χ4n) is 2.44. The molecule has 1 aromatic carbocycles. The predicted octanol–water partition coefficient (Wildman–Crippen LogP) is 3.94. The molecule has 2 N–H and O–H groups in total. The second-order valence-electron chi connectivity index (χ2n) is 5.51. The lowest BCUT2D eigenvalue weighted by atomic mass is 10.0. The number of nitriles is 1. The molecule has 3 aromatic rings. The lowest BCUT2D eigenvalue weighted by Gasteiger charge is -2.06. The number of hydrogen-bond acceptors (Lipinski definition) is 5. The number of aryl methyl sites for hydroxylation is 1. The summed E-state index contributed by atoms with van der Waals surface area (Å²) in [6, 6.07) is 11.2. The lowest BCUT2D eigenvalue weighted by molar-refractivity contribution is 0.0692. The number of hydrogen-bond donors (Lipinski definition) is 2. The van der Waals surface area contributed by atoms with Gasteiger partial charge in [-0.25, -0.2) is 4.79 Å². The molecule has 0 saturated heterocycles. The van der Waals surface area contributed by atoms with Crippen LogP contribution in [0.4, 0.5) is 5.00 Å². The number of amides is 1. The average molecular weight is 363 g/mol. The molecule has 0 atom stereocenters. The Morgan fingerprint density at radius 3 is 2.58 bits per heavy atom. The number of carboxylic acid groups (broad SMARTS) is 1. The van der Waals surface area contributed by atoms with E-state index in [1.807, 2.05) is 31.2 Å². The summed E-state index contributed by atoms with van der Waals surface area (Å²) < 4.78 is 0. The van der Waals surface area contributed by atoms with Gasteiger partial charge in [-0.15, -0.1) is 11.3 Å². The molecule has 1 amide bonds. The van der Waals surface area contributed by atoms with E-state index in [9.17, 15) is 20.0 Å². The van der Waals surface area contributed by atoms with Crippen molar-refractivity contribution in [3.8, 4) is 17.2 Å². The van der Waals surface area contributed by atoms with Crippen molar-refractivity contribution in [3.63, 3.8) is 0 Å². The number of aromatic carboxylic acids is 1. The Labute approximate surface area is 153 Å². The number of carbonyl (C=O) groups excluding carboxylic acids is 1. The van der Waals surface area contributed by atoms with Crippen molar-refractivity contribution in [2.45, 2.75) is 6.92 Å². The van der Waals surface area contributed by atoms with Crippen molar-refractivity contribution >= 4 is 28.2 Å². The highest BCUT2D eigenvalue weighted by Gasteiger charge is 2.20. The van der Waals surface area contributed by atoms with Gasteiger partial charge in [-0.05, 0) is 18.6 Å². The van der Waals surface area contributed by atoms with Gasteiger partial charge in [-0.3, -0.25) is 9.78 Å². The van der Waals surface area contributed by atoms with Crippen LogP contribution in [0.2, 0.25) is 0 Å². The smallest absolute Gasteiger partial charge is 0.338 e. The topological polar surface area (TPSA) is 103 Å². The maximum absolute atomic E-state index is 12.5. The summed E-state index contributed by atoms with van der Waals surface area (Å²) >= 11 is 1.22. The Bertz CT molecular complexity index is 1030. The largest absolute Gasteiger partial charge is 0.478 e. The summed E-state index contributed by atoms with van der Waals surface area (Å²) in [6.45, 7) is 1.98. The summed E-state index contributed by atoms with van der Waals surface area (Å²) in [4.78, 5) is 27.5. The molecule has 0 bridgehead atoms. The Hall–Kier alpha value is -3.50. The van der Waals surface area contributed by atoms with Crippen LogP contribution in [-0.2, 0) is 0 Å². The molecule has 6 nitrogen and oxygen atoms in total. The number of thiophene rings is 1. The molecular weight excluding hydrogens is 350 g/mol. The van der Waals surface area contributed by atoms with Crippen LogP contribution in [0.1, 0.15) is 31.8 Å². The van der Waals surface area contributed by atoms with Crippen molar-refractivity contribution in [2.24, 2.45) is 0 Å². The van der Waals surface area contributed by atoms with Crippen LogP contribution >= 0.6 is 11.3 Å². The molecule has 0 fully saturated rings. The molecule has 0 spiro atoms. The first-order valence-electron chi connectivity index (χ1n) is 7.58. The van der Waals surface area contributed by atoms with Crippen LogP contribution in [0, 0.1) is 18.3 Å². The molecule has 128 valence electrons. The number of rotatable bonds is 4. The number of anilines is 1. The fraction of sp³-hybridized carbons (Fsp3) is 0.0526. The fourth-order valence-corrected chi connectivity index (χ4v) is 3.35. The monoisotopic (exact) mass is 363 g/mol. The van der Waals surface area contributed by atoms with Gasteiger partial charge >= 0.3 is 5.97 Å². The van der Waals surface area contributed by atoms with Gasteiger partial charge in [0.25, 0.3) is 5.91 Å². The van der Waals surface area contributed by atoms with E-state index in [0.717, 1.165) is 22.9 Å². The normalized spacial score (nSPS) is 10.2. The summed E-state index contributed by atoms with van der Waals surface area (Å²) in [7, 11) is 0. The van der Waals surface area contributed by atoms with Crippen LogP contribution in [0.3, 0.4) is 0 Å². The minimum absolute atomic E-state index is 0.0123. The number of carbonyl (C=O) groups is 2. The summed E-state index contributed by atoms with van der Waals surface area (Å²) in [5.74, 6) is -1.84. The molecule has 0 radical (unpaired) electrons. The third-order valence-corrected chi connectivity index (χ3v) is 4.68. The van der Waals surface area contributed by atoms with Gasteiger partial charge in [0.15, 0.2) is 0 Å². The zero-order valence-electron chi connectivity index (χ0n) is 13.7. The predicted molar refractivity (Wildman–Crippen MR) is 98.4 cm³/mol. The third kappa shape index (κ3) is 3.31. The van der Waals surface area contributed by atoms with Crippen molar-refractivity contribution in [3.05, 3.63) is 70.4 Å². The van der Waals surface area contributed by atoms with E-state index in [4.69, 9.17) is 0 Å². The minimum Gasteiger partial charge on any atom is -0.478 e. The van der Waals surface area contributed by atoms with Gasteiger partial charge in [0.2, 0.25) is 0 Å². The van der Waals surface area contributed by atoms with E-state index in [0.29, 0.717) is 10.6 Å². The maximum atomic E-state index is 12.5. The highest BCUT2D eigenvalue weighted by molar-refractivity contribution is 7.15. The Balaban J connectivity index is 1.94. The second kappa shape index (κ2) is 7.17. The number of carboxylic acids is 1. The average Bonchev–Trinajstić information content (AvgIpc) is 3.04. The van der Waals surface area contributed by atoms with Crippen LogP contribution < -0.4 is 5.32 Å². The summed E-state index contributed by atoms with van der Waals surface area (Å²) in [6.07, 6.45) is 2.47. The van der Waals surface area contributed by atoms with Gasteiger partial charge in [-0.1, -0.05) is 29.8 Å². The Kier molecular flexibility index (Phi) is 4.78. The van der Waals surface area contributed by atoms with Crippen LogP contribution in [0.25, 0.3) is 11.1 Å². The molecule has 26 heavy (non-hydrogen) atoms. The van der Waals surface area contributed by atoms with E-state index >= 15 is 0 Å². The number of pyridine rings is 1. The first-order valence-corrected chi connectivity index (χ1v) is 8.46. The SMILES string of the molecule is Cc1ccc(-c2csc(NC(=O)c3ccncc3C(=O)O)c2C#N)cc1. The molecule has 2 aromatic heterocycles. The molecule has 0 aliphatic heterocycles.